The Hall–Kier alpha value is -4.00. The Bertz CT molecular complexity index is 3220. The number of hydrogen-bond donors (Lipinski definition) is 24. The lowest BCUT2D eigenvalue weighted by atomic mass is 9.93. The summed E-state index contributed by atoms with van der Waals surface area (Å²) in [6, 6.07) is -6.53. The van der Waals surface area contributed by atoms with Crippen LogP contribution in [-0.2, 0) is 85.5 Å². The molecule has 7 aliphatic heterocycles. The van der Waals surface area contributed by atoms with E-state index in [9.17, 15) is 121 Å². The van der Waals surface area contributed by atoms with E-state index in [-0.39, 0.29) is 12.3 Å². The van der Waals surface area contributed by atoms with Crippen molar-refractivity contribution in [3.8, 4) is 0 Å². The number of aliphatic hydroxyl groups is 20. The Morgan fingerprint density at radius 2 is 0.614 bits per heavy atom. The molecule has 7 saturated heterocycles. The number of carbonyl (C=O) groups excluding carboxylic acids is 4. The number of amides is 4. The van der Waals surface area contributed by atoms with Crippen LogP contribution in [0, 0.1) is 0 Å². The number of carbonyl (C=O) groups is 4. The van der Waals surface area contributed by atoms with Gasteiger partial charge in [0.1, 0.15) is 171 Å². The maximum absolute atomic E-state index is 13.7. The summed E-state index contributed by atoms with van der Waals surface area (Å²) in [5.74, 6) is -2.97. The average molecular weight is 1910 g/mol. The molecule has 0 aliphatic carbocycles. The molecule has 0 aromatic carbocycles. The van der Waals surface area contributed by atoms with Crippen LogP contribution >= 0.6 is 0 Å². The van der Waals surface area contributed by atoms with Crippen molar-refractivity contribution in [3.05, 3.63) is 24.3 Å². The summed E-state index contributed by atoms with van der Waals surface area (Å²) in [5, 5.41) is 236. The molecule has 0 aromatic rings. The van der Waals surface area contributed by atoms with Gasteiger partial charge in [0.05, 0.1) is 65.0 Å². The fourth-order valence-electron chi connectivity index (χ4n) is 17.6. The number of rotatable bonds is 61. The number of nitrogens with one attached hydrogen (secondary N) is 4. The Kier molecular flexibility index (Phi) is 53.6. The van der Waals surface area contributed by atoms with Crippen LogP contribution in [0.4, 0.5) is 0 Å². The molecular weight excluding hydrogens is 1740 g/mol. The molecule has 42 heteroatoms. The molecule has 0 bridgehead atoms. The van der Waals surface area contributed by atoms with Gasteiger partial charge in [-0.2, -0.15) is 0 Å². The van der Waals surface area contributed by atoms with E-state index in [1.54, 1.807) is 6.08 Å². The molecule has 0 radical (unpaired) electrons. The second kappa shape index (κ2) is 61.5. The average Bonchev–Trinajstić information content (AvgIpc) is 0.766. The topological polar surface area (TPSA) is 650 Å². The highest BCUT2D eigenvalue weighted by Gasteiger charge is 2.60. The second-order valence-electron chi connectivity index (χ2n) is 36.0. The first-order valence-electron chi connectivity index (χ1n) is 48.1. The lowest BCUT2D eigenvalue weighted by molar-refractivity contribution is -0.389. The molecule has 7 heterocycles. The number of allylic oxidation sites excluding steroid dienone is 3. The maximum atomic E-state index is 13.7. The summed E-state index contributed by atoms with van der Waals surface area (Å²) in [6.07, 6.45) is -21.2. The van der Waals surface area contributed by atoms with Gasteiger partial charge in [0, 0.05) is 27.2 Å². The smallest absolute Gasteiger partial charge is 0.220 e. The minimum Gasteiger partial charge on any atom is -0.394 e. The zero-order valence-electron chi connectivity index (χ0n) is 77.2. The first-order chi connectivity index (χ1) is 63.4. The monoisotopic (exact) mass is 1910 g/mol. The van der Waals surface area contributed by atoms with Crippen molar-refractivity contribution in [3.63, 3.8) is 0 Å². The molecule has 14 unspecified atom stereocenters. The van der Waals surface area contributed by atoms with E-state index in [1.807, 2.05) is 6.08 Å². The van der Waals surface area contributed by atoms with Crippen molar-refractivity contribution < 1.29 is 188 Å². The van der Waals surface area contributed by atoms with Crippen LogP contribution < -0.4 is 21.3 Å². The zero-order valence-corrected chi connectivity index (χ0v) is 77.2. The molecule has 7 fully saturated rings. The van der Waals surface area contributed by atoms with Crippen molar-refractivity contribution in [1.29, 1.82) is 0 Å². The molecule has 7 rings (SSSR count). The molecule has 0 spiro atoms. The third kappa shape index (κ3) is 35.3. The SMILES string of the molecule is CCCCCCCC/C=C\CCCCCCCCCCCCCC(=O)N[C@@H](CO[C@@H]1OC(CO)[C@@H](O[C@@H]2OC(CO)[C@H](O)[C@H](O[C@@H]3OC(CO)[C@@H](O[C@@H]4OC(CO[C@@H]5OC(CO)[C@@H](O)[C@H](O)C5NC(C)=O)[C@H](O)[C@H](O[C@@H]5OC(CO)[C@@H](O[C@@H]6OC(CO)[C@H](O)[C@H](O)C6O)[C@H](O)C5NC(C)=O)C4O)[C@H](O)C3NC(C)=O)C2O)[C@H](O)C1O)[C@H](O)/C=C/CCCCCCCCCCCCC. The van der Waals surface area contributed by atoms with Crippen molar-refractivity contribution in [1.82, 2.24) is 21.3 Å². The van der Waals surface area contributed by atoms with Crippen LogP contribution in [0.5, 0.6) is 0 Å². The molecule has 7 aliphatic rings. The Labute approximate surface area is 773 Å². The first-order valence-corrected chi connectivity index (χ1v) is 48.1. The van der Waals surface area contributed by atoms with E-state index < -0.39 is 297 Å². The first kappa shape index (κ1) is 115. The summed E-state index contributed by atoms with van der Waals surface area (Å²) in [7, 11) is 0. The van der Waals surface area contributed by atoms with Crippen LogP contribution in [0.2, 0.25) is 0 Å². The lowest BCUT2D eigenvalue weighted by Gasteiger charge is -2.51. The van der Waals surface area contributed by atoms with Crippen LogP contribution in [0.1, 0.15) is 240 Å². The number of hydrogen-bond acceptors (Lipinski definition) is 38. The molecule has 0 saturated carbocycles. The van der Waals surface area contributed by atoms with Crippen LogP contribution in [0.25, 0.3) is 0 Å². The summed E-state index contributed by atoms with van der Waals surface area (Å²) >= 11 is 0. The molecule has 37 atom stereocenters. The van der Waals surface area contributed by atoms with Gasteiger partial charge in [-0.15, -0.1) is 0 Å². The molecule has 132 heavy (non-hydrogen) atoms. The molecule has 42 nitrogen and oxygen atoms in total. The van der Waals surface area contributed by atoms with Gasteiger partial charge in [0.2, 0.25) is 23.6 Å². The maximum Gasteiger partial charge on any atom is 0.220 e. The van der Waals surface area contributed by atoms with E-state index in [4.69, 9.17) is 66.3 Å². The molecule has 4 amide bonds. The van der Waals surface area contributed by atoms with E-state index >= 15 is 0 Å². The third-order valence-electron chi connectivity index (χ3n) is 25.4. The molecular formula is C90H160N4O38. The van der Waals surface area contributed by atoms with Crippen molar-refractivity contribution in [2.75, 3.05) is 52.9 Å². The highest BCUT2D eigenvalue weighted by Crippen LogP contribution is 2.39. The minimum absolute atomic E-state index is 0.151. The van der Waals surface area contributed by atoms with Crippen molar-refractivity contribution >= 4 is 23.6 Å². The summed E-state index contributed by atoms with van der Waals surface area (Å²) in [4.78, 5) is 52.3. The highest BCUT2D eigenvalue weighted by atomic mass is 16.8. The highest BCUT2D eigenvalue weighted by molar-refractivity contribution is 5.76. The number of unbranched alkanes of at least 4 members (excludes halogenated alkanes) is 28. The Morgan fingerprint density at radius 3 is 1.02 bits per heavy atom. The molecule has 0 aromatic heterocycles. The van der Waals surface area contributed by atoms with Crippen LogP contribution in [-0.4, -0.2) is 406 Å². The van der Waals surface area contributed by atoms with Crippen LogP contribution in [0.15, 0.2) is 24.3 Å². The van der Waals surface area contributed by atoms with Gasteiger partial charge in [0.15, 0.2) is 44.0 Å². The van der Waals surface area contributed by atoms with Crippen molar-refractivity contribution in [2.24, 2.45) is 0 Å². The predicted molar refractivity (Wildman–Crippen MR) is 466 cm³/mol. The van der Waals surface area contributed by atoms with Crippen LogP contribution in [0.3, 0.4) is 0 Å². The minimum atomic E-state index is -2.40. The van der Waals surface area contributed by atoms with E-state index in [0.29, 0.717) is 12.8 Å². The van der Waals surface area contributed by atoms with Gasteiger partial charge in [-0.3, -0.25) is 19.2 Å². The second-order valence-corrected chi connectivity index (χ2v) is 36.0. The van der Waals surface area contributed by atoms with Crippen molar-refractivity contribution in [2.45, 2.75) is 467 Å². The van der Waals surface area contributed by atoms with E-state index in [1.165, 1.54) is 122 Å². The Balaban J connectivity index is 1.02. The normalized spacial score (nSPS) is 36.9. The number of aliphatic hydroxyl groups excluding tert-OH is 20. The molecule has 24 N–H and O–H groups in total. The van der Waals surface area contributed by atoms with Gasteiger partial charge >= 0.3 is 0 Å². The summed E-state index contributed by atoms with van der Waals surface area (Å²) in [5.41, 5.74) is 0. The molecule has 768 valence electrons. The standard InChI is InChI=1S/C90H160N4O38/c1-6-8-10-12-14-16-18-20-21-22-23-24-25-26-27-29-31-33-35-37-39-41-62(105)94-53(54(104)40-38-36-34-32-30-28-19-17-15-13-11-9-7-2)48-119-87-76(116)74(114)81(60(47-100)126-87)130-89-77(117)82(68(108)57(44-97)123-89)131-85-65(93-52(5)103)72(112)80(59(46-99)125-85)129-90-78(118)83(69(109)61(127-90)49-120-84-63(91-50(3)101)70(110)66(106)55(42-95)121-84)132-86-64(92-51(4)102)71(111)79(58(45-98)124-86)128-88-75(115)73(113)67(107)56(43-96)122-88/h20-21,38,40,53-61,63-90,95-100,104,106-118H,6-19,22-37,39,41-49H2,1-5H3,(H,91,101)(H,92,102)(H,93,103)(H,94,105)/b21-20-,40-38+/t53-,54+,55?,56?,57?,58?,59?,60?,61?,63?,64?,65?,66+,67-,68-,69-,70+,71+,72+,73-,74+,75?,76?,77?,78?,79+,80+,81+,82-,83-,84+,85-,86-,87+,88-,89-,90-/m0/s1. The predicted octanol–water partition coefficient (Wildman–Crippen LogP) is -2.34. The number of ether oxygens (including phenoxy) is 14. The lowest BCUT2D eigenvalue weighted by Crippen LogP contribution is -2.71. The Morgan fingerprint density at radius 1 is 0.303 bits per heavy atom. The van der Waals surface area contributed by atoms with Gasteiger partial charge in [0.25, 0.3) is 0 Å². The zero-order chi connectivity index (χ0) is 96.5. The van der Waals surface area contributed by atoms with Gasteiger partial charge in [-0.1, -0.05) is 192 Å². The van der Waals surface area contributed by atoms with E-state index in [2.05, 4.69) is 47.3 Å². The third-order valence-corrected chi connectivity index (χ3v) is 25.4. The fraction of sp³-hybridized carbons (Fsp3) is 0.911. The quantitative estimate of drug-likeness (QED) is 0.0224. The fourth-order valence-corrected chi connectivity index (χ4v) is 17.6. The van der Waals surface area contributed by atoms with E-state index in [0.717, 1.165) is 85.0 Å². The largest absolute Gasteiger partial charge is 0.394 e. The van der Waals surface area contributed by atoms with Gasteiger partial charge in [-0.05, 0) is 44.9 Å². The summed E-state index contributed by atoms with van der Waals surface area (Å²) in [6.45, 7) is -0.114. The summed E-state index contributed by atoms with van der Waals surface area (Å²) < 4.78 is 83.8. The van der Waals surface area contributed by atoms with Gasteiger partial charge in [-0.25, -0.2) is 0 Å². The van der Waals surface area contributed by atoms with Gasteiger partial charge < -0.3 is 190 Å².